The molecule has 1 N–H and O–H groups in total. The zero-order valence-corrected chi connectivity index (χ0v) is 13.4. The molecule has 0 bridgehead atoms. The molecule has 0 spiro atoms. The number of benzene rings is 1. The second-order valence-electron chi connectivity index (χ2n) is 7.72. The van der Waals surface area contributed by atoms with Gasteiger partial charge in [-0.2, -0.15) is 0 Å². The highest BCUT2D eigenvalue weighted by molar-refractivity contribution is 5.40. The molecule has 1 aliphatic heterocycles. The van der Waals surface area contributed by atoms with Gasteiger partial charge in [0, 0.05) is 37.6 Å². The Labute approximate surface area is 128 Å². The van der Waals surface area contributed by atoms with Crippen molar-refractivity contribution in [2.45, 2.75) is 51.1 Å². The fraction of sp³-hybridized carbons (Fsp3) is 0.684. The van der Waals surface area contributed by atoms with Crippen molar-refractivity contribution < 1.29 is 0 Å². The fourth-order valence-electron chi connectivity index (χ4n) is 4.26. The van der Waals surface area contributed by atoms with E-state index >= 15 is 0 Å². The van der Waals surface area contributed by atoms with Crippen molar-refractivity contribution in [1.82, 2.24) is 10.2 Å². The van der Waals surface area contributed by atoms with Crippen molar-refractivity contribution in [3.05, 3.63) is 35.4 Å². The topological polar surface area (TPSA) is 15.3 Å². The molecule has 3 unspecified atom stereocenters. The molecule has 1 saturated heterocycles. The van der Waals surface area contributed by atoms with Crippen LogP contribution >= 0.6 is 0 Å². The van der Waals surface area contributed by atoms with Crippen LogP contribution in [0.2, 0.25) is 0 Å². The molecular weight excluding hydrogens is 256 g/mol. The summed E-state index contributed by atoms with van der Waals surface area (Å²) in [5.41, 5.74) is 3.20. The molecule has 1 aromatic carbocycles. The number of rotatable bonds is 4. The van der Waals surface area contributed by atoms with Crippen LogP contribution in [0.5, 0.6) is 0 Å². The molecule has 2 fully saturated rings. The zero-order chi connectivity index (χ0) is 14.4. The van der Waals surface area contributed by atoms with E-state index in [1.54, 1.807) is 11.1 Å². The summed E-state index contributed by atoms with van der Waals surface area (Å²) in [5, 5.41) is 3.81. The highest BCUT2D eigenvalue weighted by Crippen LogP contribution is 2.40. The number of hydrogen-bond donors (Lipinski definition) is 1. The van der Waals surface area contributed by atoms with E-state index in [2.05, 4.69) is 48.3 Å². The van der Waals surface area contributed by atoms with Gasteiger partial charge in [0.25, 0.3) is 0 Å². The van der Waals surface area contributed by atoms with Gasteiger partial charge in [0.2, 0.25) is 0 Å². The van der Waals surface area contributed by atoms with E-state index in [4.69, 9.17) is 0 Å². The molecule has 21 heavy (non-hydrogen) atoms. The lowest BCUT2D eigenvalue weighted by molar-refractivity contribution is 0.0904. The second-order valence-corrected chi connectivity index (χ2v) is 7.72. The number of fused-ring (bicyclic) bond motifs is 1. The van der Waals surface area contributed by atoms with Crippen LogP contribution in [0.1, 0.15) is 43.7 Å². The first-order chi connectivity index (χ1) is 10.2. The molecular formula is C19H28N2. The van der Waals surface area contributed by atoms with Crippen LogP contribution in [0, 0.1) is 11.8 Å². The molecule has 1 heterocycles. The first-order valence-electron chi connectivity index (χ1n) is 8.77. The van der Waals surface area contributed by atoms with Gasteiger partial charge in [0.05, 0.1) is 0 Å². The summed E-state index contributed by atoms with van der Waals surface area (Å²) in [6.07, 6.45) is 4.21. The summed E-state index contributed by atoms with van der Waals surface area (Å²) >= 11 is 0. The van der Waals surface area contributed by atoms with Gasteiger partial charge in [-0.1, -0.05) is 38.1 Å². The fourth-order valence-corrected chi connectivity index (χ4v) is 4.26. The smallest absolute Gasteiger partial charge is 0.0249 e. The van der Waals surface area contributed by atoms with Gasteiger partial charge in [-0.3, -0.25) is 4.90 Å². The summed E-state index contributed by atoms with van der Waals surface area (Å²) in [4.78, 5) is 2.83. The first kappa shape index (κ1) is 13.8. The third-order valence-corrected chi connectivity index (χ3v) is 5.88. The average molecular weight is 284 g/mol. The summed E-state index contributed by atoms with van der Waals surface area (Å²) in [6, 6.07) is 10.5. The maximum atomic E-state index is 3.81. The standard InChI is InChI=1S/C19H28N2/c1-13(2)18-12-21(19(10-20-18)14-7-8-14)11-16-9-15-5-3-4-6-17(15)16/h3-6,13-14,16,18-20H,7-12H2,1-2H3. The minimum absolute atomic E-state index is 0.676. The molecule has 2 heteroatoms. The summed E-state index contributed by atoms with van der Waals surface area (Å²) in [5.74, 6) is 2.50. The Morgan fingerprint density at radius 2 is 2.05 bits per heavy atom. The van der Waals surface area contributed by atoms with Crippen LogP contribution in [0.4, 0.5) is 0 Å². The third kappa shape index (κ3) is 2.64. The highest BCUT2D eigenvalue weighted by atomic mass is 15.2. The van der Waals surface area contributed by atoms with Gasteiger partial charge in [0.15, 0.2) is 0 Å². The van der Waals surface area contributed by atoms with Crippen LogP contribution in [0.25, 0.3) is 0 Å². The molecule has 2 aliphatic carbocycles. The van der Waals surface area contributed by atoms with E-state index in [1.165, 1.54) is 38.9 Å². The molecule has 2 nitrogen and oxygen atoms in total. The predicted octanol–water partition coefficient (Wildman–Crippen LogP) is 3.03. The average Bonchev–Trinajstić information content (AvgIpc) is 3.29. The van der Waals surface area contributed by atoms with Crippen LogP contribution in [0.15, 0.2) is 24.3 Å². The predicted molar refractivity (Wildman–Crippen MR) is 87.6 cm³/mol. The molecule has 3 atom stereocenters. The van der Waals surface area contributed by atoms with Crippen LogP contribution in [0.3, 0.4) is 0 Å². The Morgan fingerprint density at radius 1 is 1.24 bits per heavy atom. The lowest BCUT2D eigenvalue weighted by Crippen LogP contribution is -2.59. The van der Waals surface area contributed by atoms with Crippen molar-refractivity contribution in [2.24, 2.45) is 11.8 Å². The van der Waals surface area contributed by atoms with Gasteiger partial charge >= 0.3 is 0 Å². The number of piperazine rings is 1. The Hall–Kier alpha value is -0.860. The minimum atomic E-state index is 0.676. The van der Waals surface area contributed by atoms with Crippen molar-refractivity contribution in [2.75, 3.05) is 19.6 Å². The SMILES string of the molecule is CC(C)C1CN(CC2Cc3ccccc32)C(C2CC2)CN1. The van der Waals surface area contributed by atoms with Gasteiger partial charge in [-0.05, 0) is 42.2 Å². The molecule has 1 saturated carbocycles. The van der Waals surface area contributed by atoms with E-state index < -0.39 is 0 Å². The van der Waals surface area contributed by atoms with E-state index in [0.29, 0.717) is 6.04 Å². The van der Waals surface area contributed by atoms with E-state index in [0.717, 1.165) is 23.8 Å². The quantitative estimate of drug-likeness (QED) is 0.914. The Balaban J connectivity index is 1.46. The van der Waals surface area contributed by atoms with Crippen molar-refractivity contribution in [3.63, 3.8) is 0 Å². The number of hydrogen-bond acceptors (Lipinski definition) is 2. The monoisotopic (exact) mass is 284 g/mol. The summed E-state index contributed by atoms with van der Waals surface area (Å²) in [7, 11) is 0. The maximum absolute atomic E-state index is 3.81. The molecule has 4 rings (SSSR count). The Kier molecular flexibility index (Phi) is 3.55. The lowest BCUT2D eigenvalue weighted by Gasteiger charge is -2.45. The van der Waals surface area contributed by atoms with Crippen molar-refractivity contribution >= 4 is 0 Å². The third-order valence-electron chi connectivity index (χ3n) is 5.88. The van der Waals surface area contributed by atoms with Gasteiger partial charge in [-0.15, -0.1) is 0 Å². The minimum Gasteiger partial charge on any atom is -0.311 e. The molecule has 3 aliphatic rings. The second kappa shape index (κ2) is 5.40. The van der Waals surface area contributed by atoms with Crippen LogP contribution in [-0.4, -0.2) is 36.6 Å². The van der Waals surface area contributed by atoms with Gasteiger partial charge in [0.1, 0.15) is 0 Å². The maximum Gasteiger partial charge on any atom is 0.0249 e. The summed E-state index contributed by atoms with van der Waals surface area (Å²) in [6.45, 7) is 8.44. The molecule has 114 valence electrons. The van der Waals surface area contributed by atoms with Crippen molar-refractivity contribution in [3.8, 4) is 0 Å². The largest absolute Gasteiger partial charge is 0.311 e. The van der Waals surface area contributed by atoms with E-state index in [9.17, 15) is 0 Å². The Morgan fingerprint density at radius 3 is 2.76 bits per heavy atom. The first-order valence-corrected chi connectivity index (χ1v) is 8.77. The van der Waals surface area contributed by atoms with Gasteiger partial charge in [-0.25, -0.2) is 0 Å². The lowest BCUT2D eigenvalue weighted by atomic mass is 9.77. The molecule has 0 aromatic heterocycles. The normalized spacial score (nSPS) is 32.8. The molecule has 0 amide bonds. The van der Waals surface area contributed by atoms with Crippen LogP contribution < -0.4 is 5.32 Å². The zero-order valence-electron chi connectivity index (χ0n) is 13.4. The van der Waals surface area contributed by atoms with Crippen molar-refractivity contribution in [1.29, 1.82) is 0 Å². The van der Waals surface area contributed by atoms with Crippen LogP contribution in [-0.2, 0) is 6.42 Å². The summed E-state index contributed by atoms with van der Waals surface area (Å²) < 4.78 is 0. The number of nitrogens with zero attached hydrogens (tertiary/aromatic N) is 1. The highest BCUT2D eigenvalue weighted by Gasteiger charge is 2.41. The van der Waals surface area contributed by atoms with E-state index in [1.807, 2.05) is 0 Å². The number of nitrogens with one attached hydrogen (secondary N) is 1. The molecule has 1 aromatic rings. The van der Waals surface area contributed by atoms with Gasteiger partial charge < -0.3 is 5.32 Å². The Bertz CT molecular complexity index is 506. The molecule has 0 radical (unpaired) electrons. The van der Waals surface area contributed by atoms with E-state index in [-0.39, 0.29) is 0 Å².